The highest BCUT2D eigenvalue weighted by Crippen LogP contribution is 2.40. The summed E-state index contributed by atoms with van der Waals surface area (Å²) in [5.41, 5.74) is 1.35. The predicted molar refractivity (Wildman–Crippen MR) is 147 cm³/mol. The molecule has 0 bridgehead atoms. The number of esters is 1. The van der Waals surface area contributed by atoms with Crippen LogP contribution in [0.1, 0.15) is 28.4 Å². The maximum absolute atomic E-state index is 13.0. The summed E-state index contributed by atoms with van der Waals surface area (Å²) in [6.07, 6.45) is 1.52. The van der Waals surface area contributed by atoms with Crippen molar-refractivity contribution in [2.75, 3.05) is 6.61 Å². The summed E-state index contributed by atoms with van der Waals surface area (Å²) in [7, 11) is 0. The third kappa shape index (κ3) is 6.43. The Morgan fingerprint density at radius 2 is 1.65 bits per heavy atom. The van der Waals surface area contributed by atoms with Crippen LogP contribution in [0.3, 0.4) is 0 Å². The van der Waals surface area contributed by atoms with Crippen molar-refractivity contribution in [3.8, 4) is 11.5 Å². The largest absolute Gasteiger partial charge is 0.490 e. The summed E-state index contributed by atoms with van der Waals surface area (Å²) in [6.45, 7) is 2.03. The summed E-state index contributed by atoms with van der Waals surface area (Å²) in [5.74, 6) is -0.885. The molecule has 0 aliphatic carbocycles. The highest BCUT2D eigenvalue weighted by Gasteiger charge is 2.35. The average molecular weight is 597 g/mol. The van der Waals surface area contributed by atoms with Gasteiger partial charge in [-0.3, -0.25) is 14.5 Å². The molecule has 0 saturated carbocycles. The number of benzene rings is 3. The standard InChI is InChI=1S/C26H17Cl4NO5S/c1-2-35-21-10-14(9-20(30)23(21)36-25(33)15-3-6-17(27)7-4-15)11-22-24(32)31(26(34)37-22)13-16-5-8-18(28)12-19(16)29/h3-12H,2,13H2,1H3/b22-11-. The van der Waals surface area contributed by atoms with Crippen molar-refractivity contribution in [3.63, 3.8) is 0 Å². The quantitative estimate of drug-likeness (QED) is 0.156. The Kier molecular flexibility index (Phi) is 8.72. The summed E-state index contributed by atoms with van der Waals surface area (Å²) in [6, 6.07) is 14.1. The number of amides is 2. The van der Waals surface area contributed by atoms with Crippen LogP contribution in [-0.4, -0.2) is 28.6 Å². The number of imide groups is 1. The Morgan fingerprint density at radius 1 is 0.946 bits per heavy atom. The first-order chi connectivity index (χ1) is 17.7. The van der Waals surface area contributed by atoms with E-state index in [0.717, 1.165) is 16.7 Å². The number of hydrogen-bond donors (Lipinski definition) is 0. The first-order valence-electron chi connectivity index (χ1n) is 10.8. The summed E-state index contributed by atoms with van der Waals surface area (Å²) in [4.78, 5) is 39.5. The smallest absolute Gasteiger partial charge is 0.343 e. The first-order valence-corrected chi connectivity index (χ1v) is 13.1. The molecule has 0 atom stereocenters. The molecule has 1 aliphatic heterocycles. The van der Waals surface area contributed by atoms with Gasteiger partial charge in [-0.05, 0) is 84.4 Å². The van der Waals surface area contributed by atoms with Crippen molar-refractivity contribution in [1.82, 2.24) is 4.90 Å². The minimum atomic E-state index is -0.644. The molecule has 37 heavy (non-hydrogen) atoms. The molecule has 0 aromatic heterocycles. The molecule has 1 fully saturated rings. The van der Waals surface area contributed by atoms with Crippen molar-refractivity contribution in [1.29, 1.82) is 0 Å². The first kappa shape index (κ1) is 27.4. The van der Waals surface area contributed by atoms with Gasteiger partial charge in [-0.15, -0.1) is 0 Å². The molecule has 0 radical (unpaired) electrons. The van der Waals surface area contributed by atoms with Crippen LogP contribution in [0.15, 0.2) is 59.5 Å². The molecule has 11 heteroatoms. The number of carbonyl (C=O) groups excluding carboxylic acids is 3. The van der Waals surface area contributed by atoms with Gasteiger partial charge in [0.15, 0.2) is 11.5 Å². The van der Waals surface area contributed by atoms with Crippen LogP contribution >= 0.6 is 58.2 Å². The summed E-state index contributed by atoms with van der Waals surface area (Å²) in [5, 5.41) is 0.938. The van der Waals surface area contributed by atoms with Crippen LogP contribution in [0.2, 0.25) is 20.1 Å². The third-order valence-corrected chi connectivity index (χ3v) is 7.15. The van der Waals surface area contributed by atoms with Crippen molar-refractivity contribution in [3.05, 3.63) is 96.3 Å². The van der Waals surface area contributed by atoms with E-state index in [1.54, 1.807) is 43.3 Å². The van der Waals surface area contributed by atoms with E-state index in [0.29, 0.717) is 26.2 Å². The molecule has 1 saturated heterocycles. The SMILES string of the molecule is CCOc1cc(/C=C2\SC(=O)N(Cc3ccc(Cl)cc3Cl)C2=O)cc(Cl)c1OC(=O)c1ccc(Cl)cc1. The van der Waals surface area contributed by atoms with Gasteiger partial charge >= 0.3 is 5.97 Å². The van der Waals surface area contributed by atoms with Crippen molar-refractivity contribution >= 4 is 81.4 Å². The van der Waals surface area contributed by atoms with Crippen LogP contribution in [-0.2, 0) is 11.3 Å². The normalized spacial score (nSPS) is 14.4. The molecule has 2 amide bonds. The van der Waals surface area contributed by atoms with E-state index in [1.807, 2.05) is 0 Å². The summed E-state index contributed by atoms with van der Waals surface area (Å²) < 4.78 is 11.1. The molecule has 0 spiro atoms. The average Bonchev–Trinajstić information content (AvgIpc) is 3.10. The van der Waals surface area contributed by atoms with Crippen molar-refractivity contribution < 1.29 is 23.9 Å². The van der Waals surface area contributed by atoms with Crippen molar-refractivity contribution in [2.45, 2.75) is 13.5 Å². The fourth-order valence-electron chi connectivity index (χ4n) is 3.38. The van der Waals surface area contributed by atoms with Gasteiger partial charge in [-0.1, -0.05) is 52.5 Å². The molecule has 6 nitrogen and oxygen atoms in total. The Hall–Kier alpha value is -2.68. The number of thioether (sulfide) groups is 1. The molecule has 1 heterocycles. The lowest BCUT2D eigenvalue weighted by atomic mass is 10.1. The molecular formula is C26H17Cl4NO5S. The number of hydrogen-bond acceptors (Lipinski definition) is 6. The van der Waals surface area contributed by atoms with E-state index >= 15 is 0 Å². The zero-order chi connectivity index (χ0) is 26.7. The summed E-state index contributed by atoms with van der Waals surface area (Å²) >= 11 is 25.2. The van der Waals surface area contributed by atoms with E-state index in [-0.39, 0.29) is 40.1 Å². The van der Waals surface area contributed by atoms with Crippen molar-refractivity contribution in [2.24, 2.45) is 0 Å². The monoisotopic (exact) mass is 595 g/mol. The second kappa shape index (κ2) is 11.8. The van der Waals surface area contributed by atoms with Gasteiger partial charge < -0.3 is 9.47 Å². The zero-order valence-electron chi connectivity index (χ0n) is 19.1. The van der Waals surface area contributed by atoms with Gasteiger partial charge in [0.1, 0.15) is 0 Å². The van der Waals surface area contributed by atoms with E-state index in [2.05, 4.69) is 0 Å². The van der Waals surface area contributed by atoms with Crippen LogP contribution in [0, 0.1) is 0 Å². The van der Waals surface area contributed by atoms with Gasteiger partial charge in [0.25, 0.3) is 11.1 Å². The maximum atomic E-state index is 13.0. The fourth-order valence-corrected chi connectivity index (χ4v) is 5.07. The maximum Gasteiger partial charge on any atom is 0.343 e. The van der Waals surface area contributed by atoms with Crippen LogP contribution in [0.5, 0.6) is 11.5 Å². The van der Waals surface area contributed by atoms with E-state index < -0.39 is 17.1 Å². The van der Waals surface area contributed by atoms with Gasteiger partial charge in [0, 0.05) is 15.1 Å². The lowest BCUT2D eigenvalue weighted by molar-refractivity contribution is -0.123. The fraction of sp³-hybridized carbons (Fsp3) is 0.115. The molecule has 1 aliphatic rings. The number of carbonyl (C=O) groups is 3. The Labute approximate surface area is 237 Å². The molecule has 0 N–H and O–H groups in total. The topological polar surface area (TPSA) is 72.9 Å². The molecule has 4 rings (SSSR count). The van der Waals surface area contributed by atoms with E-state index in [1.165, 1.54) is 24.3 Å². The third-order valence-electron chi connectivity index (χ3n) is 5.12. The second-order valence-electron chi connectivity index (χ2n) is 7.66. The van der Waals surface area contributed by atoms with Crippen LogP contribution in [0.4, 0.5) is 4.79 Å². The molecular weight excluding hydrogens is 580 g/mol. The Morgan fingerprint density at radius 3 is 2.32 bits per heavy atom. The number of nitrogens with zero attached hydrogens (tertiary/aromatic N) is 1. The predicted octanol–water partition coefficient (Wildman–Crippen LogP) is 8.15. The minimum absolute atomic E-state index is 0.00253. The molecule has 0 unspecified atom stereocenters. The highest BCUT2D eigenvalue weighted by molar-refractivity contribution is 8.18. The van der Waals surface area contributed by atoms with E-state index in [4.69, 9.17) is 55.9 Å². The second-order valence-corrected chi connectivity index (χ2v) is 10.3. The lowest BCUT2D eigenvalue weighted by Gasteiger charge is -2.14. The van der Waals surface area contributed by atoms with Crippen LogP contribution in [0.25, 0.3) is 6.08 Å². The number of rotatable bonds is 7. The highest BCUT2D eigenvalue weighted by atomic mass is 35.5. The van der Waals surface area contributed by atoms with Gasteiger partial charge in [-0.25, -0.2) is 4.79 Å². The van der Waals surface area contributed by atoms with Gasteiger partial charge in [0.05, 0.1) is 28.6 Å². The molecule has 190 valence electrons. The Bertz CT molecular complexity index is 1430. The zero-order valence-corrected chi connectivity index (χ0v) is 22.9. The Balaban J connectivity index is 1.58. The van der Waals surface area contributed by atoms with Gasteiger partial charge in [0.2, 0.25) is 0 Å². The number of halogens is 4. The minimum Gasteiger partial charge on any atom is -0.490 e. The molecule has 3 aromatic carbocycles. The lowest BCUT2D eigenvalue weighted by Crippen LogP contribution is -2.27. The van der Waals surface area contributed by atoms with E-state index in [9.17, 15) is 14.4 Å². The van der Waals surface area contributed by atoms with Crippen LogP contribution < -0.4 is 9.47 Å². The molecule has 3 aromatic rings. The van der Waals surface area contributed by atoms with Gasteiger partial charge in [-0.2, -0.15) is 0 Å². The number of ether oxygens (including phenoxy) is 2.